The van der Waals surface area contributed by atoms with Crippen molar-refractivity contribution in [1.82, 2.24) is 9.97 Å². The van der Waals surface area contributed by atoms with Gasteiger partial charge in [-0.3, -0.25) is 14.9 Å². The van der Waals surface area contributed by atoms with Gasteiger partial charge in [0.25, 0.3) is 11.6 Å². The molecule has 0 spiro atoms. The summed E-state index contributed by atoms with van der Waals surface area (Å²) in [6.45, 7) is 7.80. The van der Waals surface area contributed by atoms with Crippen LogP contribution >= 0.6 is 0 Å². The second kappa shape index (κ2) is 9.66. The van der Waals surface area contributed by atoms with E-state index in [-0.39, 0.29) is 11.6 Å². The monoisotopic (exact) mass is 420 g/mol. The number of hydrogen-bond acceptors (Lipinski definition) is 7. The van der Waals surface area contributed by atoms with Crippen LogP contribution in [0.15, 0.2) is 54.6 Å². The van der Waals surface area contributed by atoms with Gasteiger partial charge in [0.05, 0.1) is 4.92 Å². The molecule has 0 aliphatic rings. The highest BCUT2D eigenvalue weighted by Crippen LogP contribution is 2.21. The number of benzene rings is 2. The average molecular weight is 420 g/mol. The molecule has 31 heavy (non-hydrogen) atoms. The average Bonchev–Trinajstić information content (AvgIpc) is 2.75. The van der Waals surface area contributed by atoms with E-state index < -0.39 is 4.92 Å². The predicted octanol–water partition coefficient (Wildman–Crippen LogP) is 4.54. The molecule has 2 N–H and O–H groups in total. The van der Waals surface area contributed by atoms with Gasteiger partial charge < -0.3 is 15.5 Å². The van der Waals surface area contributed by atoms with E-state index in [1.807, 2.05) is 25.1 Å². The Bertz CT molecular complexity index is 1060. The highest BCUT2D eigenvalue weighted by molar-refractivity contribution is 6.04. The van der Waals surface area contributed by atoms with Crippen LogP contribution in [0, 0.1) is 17.0 Å². The fourth-order valence-electron chi connectivity index (χ4n) is 3.02. The van der Waals surface area contributed by atoms with Crippen LogP contribution in [0.5, 0.6) is 0 Å². The Morgan fingerprint density at radius 1 is 1.00 bits per heavy atom. The maximum atomic E-state index is 12.3. The van der Waals surface area contributed by atoms with Crippen LogP contribution in [0.25, 0.3) is 0 Å². The summed E-state index contributed by atoms with van der Waals surface area (Å²) in [7, 11) is 0. The van der Waals surface area contributed by atoms with Gasteiger partial charge in [0.15, 0.2) is 0 Å². The Morgan fingerprint density at radius 3 is 2.19 bits per heavy atom. The third kappa shape index (κ3) is 5.53. The number of nitrogens with zero attached hydrogens (tertiary/aromatic N) is 4. The Labute approximate surface area is 180 Å². The van der Waals surface area contributed by atoms with Gasteiger partial charge in [-0.25, -0.2) is 4.98 Å². The first-order valence-electron chi connectivity index (χ1n) is 9.93. The van der Waals surface area contributed by atoms with Gasteiger partial charge in [-0.2, -0.15) is 4.98 Å². The normalized spacial score (nSPS) is 10.4. The third-order valence-corrected chi connectivity index (χ3v) is 4.67. The maximum Gasteiger partial charge on any atom is 0.269 e. The smallest absolute Gasteiger partial charge is 0.269 e. The minimum atomic E-state index is -0.504. The fraction of sp³-hybridized carbons (Fsp3) is 0.227. The summed E-state index contributed by atoms with van der Waals surface area (Å²) in [5.74, 6) is 1.03. The molecule has 3 rings (SSSR count). The van der Waals surface area contributed by atoms with Gasteiger partial charge in [-0.1, -0.05) is 0 Å². The van der Waals surface area contributed by atoms with E-state index in [1.165, 1.54) is 24.3 Å². The molecule has 0 bridgehead atoms. The number of anilines is 4. The van der Waals surface area contributed by atoms with E-state index in [4.69, 9.17) is 0 Å². The predicted molar refractivity (Wildman–Crippen MR) is 121 cm³/mol. The zero-order valence-electron chi connectivity index (χ0n) is 17.6. The lowest BCUT2D eigenvalue weighted by Crippen LogP contribution is -2.23. The van der Waals surface area contributed by atoms with Gasteiger partial charge in [-0.05, 0) is 57.2 Å². The number of hydrogen-bond donors (Lipinski definition) is 2. The third-order valence-electron chi connectivity index (χ3n) is 4.67. The van der Waals surface area contributed by atoms with Gasteiger partial charge >= 0.3 is 0 Å². The molecule has 3 aromatic rings. The fourth-order valence-corrected chi connectivity index (χ4v) is 3.02. The number of nitro groups is 1. The second-order valence-corrected chi connectivity index (χ2v) is 6.82. The van der Waals surface area contributed by atoms with Crippen molar-refractivity contribution in [3.8, 4) is 0 Å². The number of rotatable bonds is 8. The summed E-state index contributed by atoms with van der Waals surface area (Å²) in [5.41, 5.74) is 2.53. The van der Waals surface area contributed by atoms with Crippen LogP contribution in [-0.4, -0.2) is 33.9 Å². The molecule has 0 unspecified atom stereocenters. The van der Waals surface area contributed by atoms with Crippen LogP contribution in [0.3, 0.4) is 0 Å². The van der Waals surface area contributed by atoms with Crippen molar-refractivity contribution in [3.05, 3.63) is 76.0 Å². The Balaban J connectivity index is 1.68. The minimum absolute atomic E-state index is 0.0607. The van der Waals surface area contributed by atoms with Crippen molar-refractivity contribution in [2.75, 3.05) is 28.6 Å². The first-order valence-corrected chi connectivity index (χ1v) is 9.93. The molecule has 0 radical (unpaired) electrons. The molecule has 0 saturated heterocycles. The van der Waals surface area contributed by atoms with E-state index in [0.717, 1.165) is 30.3 Å². The van der Waals surface area contributed by atoms with Gasteiger partial charge in [0, 0.05) is 53.9 Å². The topological polar surface area (TPSA) is 113 Å². The zero-order valence-corrected chi connectivity index (χ0v) is 17.6. The summed E-state index contributed by atoms with van der Waals surface area (Å²) in [5, 5.41) is 16.7. The molecule has 0 atom stereocenters. The van der Waals surface area contributed by atoms with Crippen molar-refractivity contribution in [2.24, 2.45) is 0 Å². The summed E-state index contributed by atoms with van der Waals surface area (Å²) < 4.78 is 0. The lowest BCUT2D eigenvalue weighted by molar-refractivity contribution is -0.384. The van der Waals surface area contributed by atoms with E-state index in [9.17, 15) is 14.9 Å². The zero-order chi connectivity index (χ0) is 22.4. The summed E-state index contributed by atoms with van der Waals surface area (Å²) >= 11 is 0. The molecule has 1 aromatic heterocycles. The molecule has 2 aromatic carbocycles. The number of non-ortho nitro benzene ring substituents is 1. The number of nitrogens with one attached hydrogen (secondary N) is 2. The lowest BCUT2D eigenvalue weighted by Gasteiger charge is -2.20. The number of nitro benzene ring substituents is 1. The van der Waals surface area contributed by atoms with Crippen molar-refractivity contribution in [1.29, 1.82) is 0 Å². The molecule has 0 aliphatic carbocycles. The van der Waals surface area contributed by atoms with E-state index in [1.54, 1.807) is 12.1 Å². The highest BCUT2D eigenvalue weighted by atomic mass is 16.6. The second-order valence-electron chi connectivity index (χ2n) is 6.82. The molecule has 0 fully saturated rings. The van der Waals surface area contributed by atoms with Gasteiger partial charge in [-0.15, -0.1) is 0 Å². The quantitative estimate of drug-likeness (QED) is 0.406. The Morgan fingerprint density at radius 2 is 1.61 bits per heavy atom. The highest BCUT2D eigenvalue weighted by Gasteiger charge is 2.11. The van der Waals surface area contributed by atoms with Crippen LogP contribution < -0.4 is 15.5 Å². The molecule has 160 valence electrons. The van der Waals surface area contributed by atoms with Crippen LogP contribution in [0.1, 0.15) is 29.9 Å². The molecular weight excluding hydrogens is 396 g/mol. The Hall–Kier alpha value is -4.01. The minimum Gasteiger partial charge on any atom is -0.357 e. The van der Waals surface area contributed by atoms with E-state index in [2.05, 4.69) is 39.3 Å². The standard InChI is InChI=1S/C22H24N6O3/c1-4-27(5-2)20-14-15(3)23-22(26-20)25-18-10-8-17(9-11-18)24-21(29)16-6-12-19(13-7-16)28(30)31/h6-14H,4-5H2,1-3H3,(H,24,29)(H,23,25,26). The summed E-state index contributed by atoms with van der Waals surface area (Å²) in [6, 6.07) is 14.5. The summed E-state index contributed by atoms with van der Waals surface area (Å²) in [4.78, 5) is 33.7. The Kier molecular flexibility index (Phi) is 6.76. The number of carbonyl (C=O) groups is 1. The number of aromatic nitrogens is 2. The van der Waals surface area contributed by atoms with Crippen LogP contribution in [0.2, 0.25) is 0 Å². The van der Waals surface area contributed by atoms with Gasteiger partial charge in [0.1, 0.15) is 5.82 Å². The van der Waals surface area contributed by atoms with Crippen LogP contribution in [-0.2, 0) is 0 Å². The van der Waals surface area contributed by atoms with Crippen molar-refractivity contribution < 1.29 is 9.72 Å². The number of carbonyl (C=O) groups excluding carboxylic acids is 1. The van der Waals surface area contributed by atoms with E-state index >= 15 is 0 Å². The molecule has 1 heterocycles. The number of amides is 1. The lowest BCUT2D eigenvalue weighted by atomic mass is 10.2. The van der Waals surface area contributed by atoms with Crippen molar-refractivity contribution in [3.63, 3.8) is 0 Å². The first-order chi connectivity index (χ1) is 14.9. The van der Waals surface area contributed by atoms with Crippen LogP contribution in [0.4, 0.5) is 28.8 Å². The molecule has 0 aliphatic heterocycles. The van der Waals surface area contributed by atoms with Gasteiger partial charge in [0.2, 0.25) is 5.95 Å². The number of aryl methyl sites for hydroxylation is 1. The maximum absolute atomic E-state index is 12.3. The molecule has 9 nitrogen and oxygen atoms in total. The molecule has 1 amide bonds. The molecule has 0 saturated carbocycles. The molecular formula is C22H24N6O3. The summed E-state index contributed by atoms with van der Waals surface area (Å²) in [6.07, 6.45) is 0. The van der Waals surface area contributed by atoms with E-state index in [0.29, 0.717) is 17.2 Å². The van der Waals surface area contributed by atoms with Crippen molar-refractivity contribution >= 4 is 34.7 Å². The molecule has 9 heteroatoms. The largest absolute Gasteiger partial charge is 0.357 e. The first kappa shape index (κ1) is 21.7. The SMILES string of the molecule is CCN(CC)c1cc(C)nc(Nc2ccc(NC(=O)c3ccc([N+](=O)[O-])cc3)cc2)n1. The van der Waals surface area contributed by atoms with Crippen molar-refractivity contribution in [2.45, 2.75) is 20.8 Å².